The third kappa shape index (κ3) is 5.96. The summed E-state index contributed by atoms with van der Waals surface area (Å²) in [6.07, 6.45) is 0. The summed E-state index contributed by atoms with van der Waals surface area (Å²) in [4.78, 5) is 15.7. The molecule has 102 valence electrons. The number of β-amino-alcohol motifs (C(OH)–C–C–N with tert-alkyl or cyclic N) is 1. The number of hydrogen-bond acceptors (Lipinski definition) is 5. The van der Waals surface area contributed by atoms with Crippen LogP contribution in [0.3, 0.4) is 0 Å². The average Bonchev–Trinajstić information content (AvgIpc) is 2.27. The Kier molecular flexibility index (Phi) is 5.54. The van der Waals surface area contributed by atoms with E-state index in [0.29, 0.717) is 13.1 Å². The molecule has 1 amide bonds. The second kappa shape index (κ2) is 6.69. The molecule has 0 spiro atoms. The van der Waals surface area contributed by atoms with E-state index >= 15 is 0 Å². The summed E-state index contributed by atoms with van der Waals surface area (Å²) < 4.78 is 0. The highest BCUT2D eigenvalue weighted by molar-refractivity contribution is 5.78. The molecule has 6 heteroatoms. The molecule has 1 aliphatic heterocycles. The molecule has 0 saturated carbocycles. The van der Waals surface area contributed by atoms with Crippen molar-refractivity contribution in [2.75, 3.05) is 45.8 Å². The first-order chi connectivity index (χ1) is 8.40. The minimum absolute atomic E-state index is 0.0670. The number of amides is 1. The molecular formula is C12H22N4O2. The van der Waals surface area contributed by atoms with Gasteiger partial charge < -0.3 is 10.4 Å². The molecule has 0 aromatic rings. The van der Waals surface area contributed by atoms with E-state index in [4.69, 9.17) is 5.26 Å². The van der Waals surface area contributed by atoms with Gasteiger partial charge in [0.15, 0.2) is 0 Å². The predicted octanol–water partition coefficient (Wildman–Crippen LogP) is -0.985. The maximum atomic E-state index is 11.4. The van der Waals surface area contributed by atoms with Gasteiger partial charge in [-0.15, -0.1) is 0 Å². The van der Waals surface area contributed by atoms with Crippen molar-refractivity contribution in [2.24, 2.45) is 0 Å². The third-order valence-corrected chi connectivity index (χ3v) is 2.81. The Morgan fingerprint density at radius 2 is 1.89 bits per heavy atom. The molecule has 6 nitrogen and oxygen atoms in total. The summed E-state index contributed by atoms with van der Waals surface area (Å²) in [7, 11) is 0. The van der Waals surface area contributed by atoms with Crippen molar-refractivity contribution >= 4 is 5.91 Å². The van der Waals surface area contributed by atoms with Gasteiger partial charge in [-0.25, -0.2) is 0 Å². The summed E-state index contributed by atoms with van der Waals surface area (Å²) in [6, 6.07) is 1.88. The Hall–Kier alpha value is -1.16. The smallest absolute Gasteiger partial charge is 0.235 e. The second-order valence-corrected chi connectivity index (χ2v) is 5.30. The highest BCUT2D eigenvalue weighted by Crippen LogP contribution is 2.08. The fourth-order valence-corrected chi connectivity index (χ4v) is 2.05. The van der Waals surface area contributed by atoms with Gasteiger partial charge in [0.2, 0.25) is 5.91 Å². The van der Waals surface area contributed by atoms with E-state index in [9.17, 15) is 9.90 Å². The summed E-state index contributed by atoms with van der Waals surface area (Å²) in [5, 5.41) is 20.6. The number of piperazine rings is 1. The topological polar surface area (TPSA) is 79.6 Å². The number of carbonyl (C=O) groups is 1. The highest BCUT2D eigenvalue weighted by atomic mass is 16.3. The van der Waals surface area contributed by atoms with Gasteiger partial charge in [-0.3, -0.25) is 14.6 Å². The normalized spacial score (nSPS) is 18.3. The van der Waals surface area contributed by atoms with Gasteiger partial charge in [0.1, 0.15) is 6.54 Å². The van der Waals surface area contributed by atoms with E-state index in [1.165, 1.54) is 0 Å². The molecule has 18 heavy (non-hydrogen) atoms. The summed E-state index contributed by atoms with van der Waals surface area (Å²) >= 11 is 0. The first-order valence-electron chi connectivity index (χ1n) is 6.21. The maximum absolute atomic E-state index is 11.4. The average molecular weight is 254 g/mol. The minimum Gasteiger partial charge on any atom is -0.389 e. The molecule has 0 bridgehead atoms. The lowest BCUT2D eigenvalue weighted by atomic mass is 10.1. The number of rotatable bonds is 5. The molecule has 0 unspecified atom stereocenters. The van der Waals surface area contributed by atoms with Crippen LogP contribution in [0.2, 0.25) is 0 Å². The molecule has 0 atom stereocenters. The quantitative estimate of drug-likeness (QED) is 0.616. The van der Waals surface area contributed by atoms with Crippen LogP contribution in [0, 0.1) is 11.3 Å². The number of aliphatic hydroxyl groups is 1. The van der Waals surface area contributed by atoms with Gasteiger partial charge in [0.05, 0.1) is 18.2 Å². The molecule has 1 heterocycles. The summed E-state index contributed by atoms with van der Waals surface area (Å²) in [5.74, 6) is -0.104. The first kappa shape index (κ1) is 14.9. The van der Waals surface area contributed by atoms with E-state index < -0.39 is 5.60 Å². The molecule has 1 rings (SSSR count). The van der Waals surface area contributed by atoms with Crippen LogP contribution < -0.4 is 5.32 Å². The van der Waals surface area contributed by atoms with E-state index in [2.05, 4.69) is 15.1 Å². The fraction of sp³-hybridized carbons (Fsp3) is 0.833. The predicted molar refractivity (Wildman–Crippen MR) is 67.8 cm³/mol. The Morgan fingerprint density at radius 1 is 1.33 bits per heavy atom. The van der Waals surface area contributed by atoms with Crippen LogP contribution in [0.1, 0.15) is 13.8 Å². The van der Waals surface area contributed by atoms with E-state index in [1.807, 2.05) is 6.07 Å². The molecule has 0 radical (unpaired) electrons. The minimum atomic E-state index is -0.674. The molecule has 1 saturated heterocycles. The maximum Gasteiger partial charge on any atom is 0.235 e. The fourth-order valence-electron chi connectivity index (χ4n) is 2.05. The molecule has 2 N–H and O–H groups in total. The molecule has 1 aliphatic rings. The van der Waals surface area contributed by atoms with Crippen LogP contribution in [0.25, 0.3) is 0 Å². The van der Waals surface area contributed by atoms with Gasteiger partial charge in [-0.2, -0.15) is 5.26 Å². The lowest BCUT2D eigenvalue weighted by molar-refractivity contribution is -0.122. The third-order valence-electron chi connectivity index (χ3n) is 2.81. The highest BCUT2D eigenvalue weighted by Gasteiger charge is 2.23. The summed E-state index contributed by atoms with van der Waals surface area (Å²) in [5.41, 5.74) is -0.674. The van der Waals surface area contributed by atoms with Crippen molar-refractivity contribution in [3.8, 4) is 6.07 Å². The monoisotopic (exact) mass is 254 g/mol. The molecule has 0 aliphatic carbocycles. The Bertz CT molecular complexity index is 311. The standard InChI is InChI=1S/C12H22N4O2/c1-12(2,18)10-16-7-5-15(6-8-16)9-11(17)14-4-3-13/h18H,4-10H2,1-2H3,(H,14,17). The lowest BCUT2D eigenvalue weighted by Crippen LogP contribution is -2.52. The SMILES string of the molecule is CC(C)(O)CN1CCN(CC(=O)NCC#N)CC1. The van der Waals surface area contributed by atoms with Crippen LogP contribution in [0.15, 0.2) is 0 Å². The van der Waals surface area contributed by atoms with E-state index in [0.717, 1.165) is 26.2 Å². The molecule has 0 aromatic carbocycles. The van der Waals surface area contributed by atoms with Crippen molar-refractivity contribution in [1.82, 2.24) is 15.1 Å². The Labute approximate surface area is 108 Å². The number of nitrogens with one attached hydrogen (secondary N) is 1. The van der Waals surface area contributed by atoms with Crippen LogP contribution in [0.5, 0.6) is 0 Å². The first-order valence-corrected chi connectivity index (χ1v) is 6.21. The molecular weight excluding hydrogens is 232 g/mol. The van der Waals surface area contributed by atoms with Crippen molar-refractivity contribution in [1.29, 1.82) is 5.26 Å². The number of nitriles is 1. The van der Waals surface area contributed by atoms with Crippen molar-refractivity contribution in [3.05, 3.63) is 0 Å². The van der Waals surface area contributed by atoms with Gasteiger partial charge in [-0.05, 0) is 13.8 Å². The number of hydrogen-bond donors (Lipinski definition) is 2. The molecule has 0 aromatic heterocycles. The van der Waals surface area contributed by atoms with Gasteiger partial charge >= 0.3 is 0 Å². The van der Waals surface area contributed by atoms with Gasteiger partial charge in [-0.1, -0.05) is 0 Å². The largest absolute Gasteiger partial charge is 0.389 e. The Morgan fingerprint density at radius 3 is 2.39 bits per heavy atom. The molecule has 1 fully saturated rings. The number of carbonyl (C=O) groups excluding carboxylic acids is 1. The summed E-state index contributed by atoms with van der Waals surface area (Å²) in [6.45, 7) is 8.01. The van der Waals surface area contributed by atoms with Gasteiger partial charge in [0.25, 0.3) is 0 Å². The van der Waals surface area contributed by atoms with E-state index in [-0.39, 0.29) is 12.5 Å². The second-order valence-electron chi connectivity index (χ2n) is 5.30. The van der Waals surface area contributed by atoms with Crippen LogP contribution in [-0.2, 0) is 4.79 Å². The van der Waals surface area contributed by atoms with Crippen LogP contribution in [0.4, 0.5) is 0 Å². The van der Waals surface area contributed by atoms with Crippen LogP contribution in [-0.4, -0.2) is 72.2 Å². The van der Waals surface area contributed by atoms with Crippen molar-refractivity contribution < 1.29 is 9.90 Å². The zero-order chi connectivity index (χ0) is 13.6. The lowest BCUT2D eigenvalue weighted by Gasteiger charge is -2.36. The zero-order valence-electron chi connectivity index (χ0n) is 11.1. The van der Waals surface area contributed by atoms with Crippen molar-refractivity contribution in [3.63, 3.8) is 0 Å². The van der Waals surface area contributed by atoms with E-state index in [1.54, 1.807) is 13.8 Å². The van der Waals surface area contributed by atoms with Crippen molar-refractivity contribution in [2.45, 2.75) is 19.4 Å². The van der Waals surface area contributed by atoms with Gasteiger partial charge in [0, 0.05) is 32.7 Å². The van der Waals surface area contributed by atoms with Crippen LogP contribution >= 0.6 is 0 Å². The zero-order valence-corrected chi connectivity index (χ0v) is 11.1. The Balaban J connectivity index is 2.23. The number of nitrogens with zero attached hydrogens (tertiary/aromatic N) is 3.